The Kier molecular flexibility index (Phi) is 1.89. The Morgan fingerprint density at radius 1 is 1.21 bits per heavy atom. The van der Waals surface area contributed by atoms with Crippen molar-refractivity contribution in [1.29, 1.82) is 0 Å². The molecule has 4 heteroatoms. The number of nitrogens with two attached hydrogens (primary N) is 2. The minimum absolute atomic E-state index is 0.593. The number of rotatable bonds is 1. The van der Waals surface area contributed by atoms with Crippen LogP contribution in [-0.4, -0.2) is 9.55 Å². The van der Waals surface area contributed by atoms with E-state index in [2.05, 4.69) is 4.98 Å². The molecule has 2 aromatic rings. The third kappa shape index (κ3) is 1.31. The van der Waals surface area contributed by atoms with E-state index >= 15 is 0 Å². The molecule has 0 aliphatic heterocycles. The summed E-state index contributed by atoms with van der Waals surface area (Å²) in [5.74, 6) is 0.925. The standard InChI is InChI=1S/C10H12N4/c1-7-13-4-5-14(7)8-2-3-9(11)10(12)6-8/h2-6H,11-12H2,1H3. The highest BCUT2D eigenvalue weighted by molar-refractivity contribution is 5.66. The normalized spacial score (nSPS) is 10.4. The molecule has 0 atom stereocenters. The molecule has 1 aromatic heterocycles. The van der Waals surface area contributed by atoms with Gasteiger partial charge in [0.25, 0.3) is 0 Å². The van der Waals surface area contributed by atoms with Crippen molar-refractivity contribution in [2.24, 2.45) is 0 Å². The Labute approximate surface area is 82.2 Å². The molecule has 0 saturated carbocycles. The van der Waals surface area contributed by atoms with Gasteiger partial charge in [0.1, 0.15) is 5.82 Å². The van der Waals surface area contributed by atoms with Crippen LogP contribution >= 0.6 is 0 Å². The van der Waals surface area contributed by atoms with E-state index in [0.717, 1.165) is 11.5 Å². The molecule has 0 spiro atoms. The molecule has 1 heterocycles. The second kappa shape index (κ2) is 3.06. The zero-order valence-electron chi connectivity index (χ0n) is 7.94. The van der Waals surface area contributed by atoms with Gasteiger partial charge < -0.3 is 16.0 Å². The minimum Gasteiger partial charge on any atom is -0.397 e. The predicted octanol–water partition coefficient (Wildman–Crippen LogP) is 1.35. The van der Waals surface area contributed by atoms with Crippen LogP contribution in [0, 0.1) is 6.92 Å². The number of nitrogens with zero attached hydrogens (tertiary/aromatic N) is 2. The lowest BCUT2D eigenvalue weighted by atomic mass is 10.2. The summed E-state index contributed by atoms with van der Waals surface area (Å²) in [7, 11) is 0. The molecule has 0 amide bonds. The first-order chi connectivity index (χ1) is 6.68. The second-order valence-corrected chi connectivity index (χ2v) is 3.16. The summed E-state index contributed by atoms with van der Waals surface area (Å²) in [6.45, 7) is 1.94. The summed E-state index contributed by atoms with van der Waals surface area (Å²) in [6, 6.07) is 5.55. The fraction of sp³-hybridized carbons (Fsp3) is 0.100. The number of anilines is 2. The first-order valence-electron chi connectivity index (χ1n) is 4.34. The zero-order valence-corrected chi connectivity index (χ0v) is 7.94. The minimum atomic E-state index is 0.593. The van der Waals surface area contributed by atoms with Crippen LogP contribution in [0.4, 0.5) is 11.4 Å². The van der Waals surface area contributed by atoms with Gasteiger partial charge in [0.05, 0.1) is 11.4 Å². The maximum absolute atomic E-state index is 5.72. The van der Waals surface area contributed by atoms with Crippen molar-refractivity contribution in [3.05, 3.63) is 36.4 Å². The molecular formula is C10H12N4. The smallest absolute Gasteiger partial charge is 0.110 e. The number of hydrogen-bond donors (Lipinski definition) is 2. The highest BCUT2D eigenvalue weighted by Gasteiger charge is 2.01. The fourth-order valence-corrected chi connectivity index (χ4v) is 1.36. The molecule has 0 radical (unpaired) electrons. The maximum Gasteiger partial charge on any atom is 0.110 e. The van der Waals surface area contributed by atoms with E-state index in [0.29, 0.717) is 11.4 Å². The third-order valence-corrected chi connectivity index (χ3v) is 2.17. The van der Waals surface area contributed by atoms with Gasteiger partial charge >= 0.3 is 0 Å². The van der Waals surface area contributed by atoms with Gasteiger partial charge in [-0.15, -0.1) is 0 Å². The molecule has 2 rings (SSSR count). The topological polar surface area (TPSA) is 69.9 Å². The van der Waals surface area contributed by atoms with Crippen molar-refractivity contribution < 1.29 is 0 Å². The van der Waals surface area contributed by atoms with Crippen LogP contribution in [0.15, 0.2) is 30.6 Å². The van der Waals surface area contributed by atoms with Crippen molar-refractivity contribution in [2.45, 2.75) is 6.92 Å². The van der Waals surface area contributed by atoms with Crippen LogP contribution in [0.1, 0.15) is 5.82 Å². The molecule has 4 N–H and O–H groups in total. The van der Waals surface area contributed by atoms with Crippen LogP contribution in [0.25, 0.3) is 5.69 Å². The van der Waals surface area contributed by atoms with Crippen molar-refractivity contribution in [3.8, 4) is 5.69 Å². The van der Waals surface area contributed by atoms with Gasteiger partial charge in [0.2, 0.25) is 0 Å². The third-order valence-electron chi connectivity index (χ3n) is 2.17. The van der Waals surface area contributed by atoms with E-state index in [4.69, 9.17) is 11.5 Å². The van der Waals surface area contributed by atoms with Gasteiger partial charge in [-0.25, -0.2) is 4.98 Å². The highest BCUT2D eigenvalue weighted by Crippen LogP contribution is 2.19. The number of nitrogen functional groups attached to an aromatic ring is 2. The molecular weight excluding hydrogens is 176 g/mol. The van der Waals surface area contributed by atoms with Gasteiger partial charge in [-0.3, -0.25) is 0 Å². The number of imidazole rings is 1. The summed E-state index contributed by atoms with van der Waals surface area (Å²) < 4.78 is 1.95. The van der Waals surface area contributed by atoms with Crippen molar-refractivity contribution in [1.82, 2.24) is 9.55 Å². The SMILES string of the molecule is Cc1nccn1-c1ccc(N)c(N)c1. The highest BCUT2D eigenvalue weighted by atomic mass is 15.1. The van der Waals surface area contributed by atoms with Crippen LogP contribution in [-0.2, 0) is 0 Å². The average molecular weight is 188 g/mol. The average Bonchev–Trinajstić information content (AvgIpc) is 2.57. The lowest BCUT2D eigenvalue weighted by Gasteiger charge is -2.07. The van der Waals surface area contributed by atoms with Crippen molar-refractivity contribution in [3.63, 3.8) is 0 Å². The van der Waals surface area contributed by atoms with Gasteiger partial charge in [0, 0.05) is 18.1 Å². The van der Waals surface area contributed by atoms with E-state index in [1.165, 1.54) is 0 Å². The summed E-state index contributed by atoms with van der Waals surface area (Å²) in [6.07, 6.45) is 3.64. The Morgan fingerprint density at radius 3 is 2.57 bits per heavy atom. The Balaban J connectivity index is 2.53. The molecule has 1 aromatic carbocycles. The van der Waals surface area contributed by atoms with Crippen molar-refractivity contribution >= 4 is 11.4 Å². The number of hydrogen-bond acceptors (Lipinski definition) is 3. The van der Waals surface area contributed by atoms with E-state index in [9.17, 15) is 0 Å². The molecule has 0 unspecified atom stereocenters. The number of aryl methyl sites for hydroxylation is 1. The van der Waals surface area contributed by atoms with E-state index < -0.39 is 0 Å². The number of aromatic nitrogens is 2. The van der Waals surface area contributed by atoms with Crippen LogP contribution in [0.3, 0.4) is 0 Å². The first kappa shape index (κ1) is 8.62. The Morgan fingerprint density at radius 2 is 2.00 bits per heavy atom. The Bertz CT molecular complexity index is 459. The van der Waals surface area contributed by atoms with Gasteiger partial charge in [-0.05, 0) is 25.1 Å². The molecule has 14 heavy (non-hydrogen) atoms. The predicted molar refractivity (Wildman–Crippen MR) is 57.1 cm³/mol. The summed E-state index contributed by atoms with van der Waals surface area (Å²) in [4.78, 5) is 4.14. The molecule has 0 saturated heterocycles. The molecule has 4 nitrogen and oxygen atoms in total. The largest absolute Gasteiger partial charge is 0.397 e. The van der Waals surface area contributed by atoms with Crippen LogP contribution < -0.4 is 11.5 Å². The van der Waals surface area contributed by atoms with E-state index in [-0.39, 0.29) is 0 Å². The lowest BCUT2D eigenvalue weighted by Crippen LogP contribution is -1.99. The maximum atomic E-state index is 5.72. The van der Waals surface area contributed by atoms with Crippen molar-refractivity contribution in [2.75, 3.05) is 11.5 Å². The van der Waals surface area contributed by atoms with E-state index in [1.54, 1.807) is 12.3 Å². The van der Waals surface area contributed by atoms with Gasteiger partial charge in [-0.2, -0.15) is 0 Å². The second-order valence-electron chi connectivity index (χ2n) is 3.16. The van der Waals surface area contributed by atoms with Crippen LogP contribution in [0.5, 0.6) is 0 Å². The monoisotopic (exact) mass is 188 g/mol. The number of benzene rings is 1. The molecule has 0 bridgehead atoms. The summed E-state index contributed by atoms with van der Waals surface area (Å²) >= 11 is 0. The molecule has 0 aliphatic carbocycles. The van der Waals surface area contributed by atoms with Gasteiger partial charge in [-0.1, -0.05) is 0 Å². The molecule has 72 valence electrons. The Hall–Kier alpha value is -1.97. The van der Waals surface area contributed by atoms with E-state index in [1.807, 2.05) is 29.8 Å². The lowest BCUT2D eigenvalue weighted by molar-refractivity contribution is 0.976. The molecule has 0 aliphatic rings. The quantitative estimate of drug-likeness (QED) is 0.663. The zero-order chi connectivity index (χ0) is 10.1. The summed E-state index contributed by atoms with van der Waals surface area (Å²) in [5, 5.41) is 0. The van der Waals surface area contributed by atoms with Crippen LogP contribution in [0.2, 0.25) is 0 Å². The molecule has 0 fully saturated rings. The first-order valence-corrected chi connectivity index (χ1v) is 4.34. The summed E-state index contributed by atoms with van der Waals surface area (Å²) in [5.41, 5.74) is 13.5. The van der Waals surface area contributed by atoms with Gasteiger partial charge in [0.15, 0.2) is 0 Å². The fourth-order valence-electron chi connectivity index (χ4n) is 1.36.